The molecule has 1 aliphatic heterocycles. The van der Waals surface area contributed by atoms with E-state index in [2.05, 4.69) is 57.0 Å². The maximum atomic E-state index is 3.68. The molecule has 1 aromatic carbocycles. The summed E-state index contributed by atoms with van der Waals surface area (Å²) in [6.07, 6.45) is 1.11. The van der Waals surface area contributed by atoms with Gasteiger partial charge in [0.2, 0.25) is 0 Å². The molecule has 3 heteroatoms. The van der Waals surface area contributed by atoms with Crippen LogP contribution in [0.4, 0.5) is 0 Å². The molecule has 0 saturated heterocycles. The Balaban J connectivity index is 2.10. The van der Waals surface area contributed by atoms with Gasteiger partial charge in [-0.2, -0.15) is 0 Å². The Labute approximate surface area is 114 Å². The van der Waals surface area contributed by atoms with E-state index in [1.807, 2.05) is 11.3 Å². The summed E-state index contributed by atoms with van der Waals surface area (Å²) in [4.78, 5) is 1.46. The standard InChI is InChI=1S/C14H14BrNS/c15-13-4-1-3-10-11(13)6-7-16-9-12(10)14-5-2-8-17-14/h1-5,8,12,16H,6-7,9H2. The van der Waals surface area contributed by atoms with E-state index in [0.717, 1.165) is 19.5 Å². The largest absolute Gasteiger partial charge is 0.315 e. The van der Waals surface area contributed by atoms with Crippen LogP contribution < -0.4 is 5.32 Å². The van der Waals surface area contributed by atoms with E-state index in [9.17, 15) is 0 Å². The Bertz CT molecular complexity index is 507. The first-order valence-electron chi connectivity index (χ1n) is 5.87. The second-order valence-electron chi connectivity index (χ2n) is 4.33. The summed E-state index contributed by atoms with van der Waals surface area (Å²) in [6, 6.07) is 11.0. The van der Waals surface area contributed by atoms with Gasteiger partial charge in [0.15, 0.2) is 0 Å². The van der Waals surface area contributed by atoms with E-state index >= 15 is 0 Å². The first-order chi connectivity index (χ1) is 8.36. The van der Waals surface area contributed by atoms with Crippen LogP contribution in [0.3, 0.4) is 0 Å². The molecule has 2 aromatic rings. The van der Waals surface area contributed by atoms with E-state index in [0.29, 0.717) is 5.92 Å². The molecule has 1 unspecified atom stereocenters. The van der Waals surface area contributed by atoms with Crippen LogP contribution in [0, 0.1) is 0 Å². The molecule has 0 fully saturated rings. The average Bonchev–Trinajstić information content (AvgIpc) is 2.77. The zero-order chi connectivity index (χ0) is 11.7. The monoisotopic (exact) mass is 307 g/mol. The Hall–Kier alpha value is -0.640. The van der Waals surface area contributed by atoms with Crippen molar-refractivity contribution in [3.8, 4) is 0 Å². The topological polar surface area (TPSA) is 12.0 Å². The van der Waals surface area contributed by atoms with E-state index < -0.39 is 0 Å². The average molecular weight is 308 g/mol. The minimum Gasteiger partial charge on any atom is -0.315 e. The third-order valence-corrected chi connectivity index (χ3v) is 5.05. The number of hydrogen-bond acceptors (Lipinski definition) is 2. The van der Waals surface area contributed by atoms with Crippen molar-refractivity contribution in [2.24, 2.45) is 0 Å². The van der Waals surface area contributed by atoms with Crippen LogP contribution in [0.2, 0.25) is 0 Å². The number of hydrogen-bond donors (Lipinski definition) is 1. The van der Waals surface area contributed by atoms with Crippen LogP contribution >= 0.6 is 27.3 Å². The number of benzene rings is 1. The fraction of sp³-hybridized carbons (Fsp3) is 0.286. The predicted molar refractivity (Wildman–Crippen MR) is 76.9 cm³/mol. The molecule has 0 spiro atoms. The second-order valence-corrected chi connectivity index (χ2v) is 6.16. The van der Waals surface area contributed by atoms with Crippen molar-refractivity contribution in [3.63, 3.8) is 0 Å². The lowest BCUT2D eigenvalue weighted by molar-refractivity contribution is 0.670. The summed E-state index contributed by atoms with van der Waals surface area (Å²) in [6.45, 7) is 2.11. The molecule has 0 radical (unpaired) electrons. The van der Waals surface area contributed by atoms with Crippen molar-refractivity contribution in [3.05, 3.63) is 56.2 Å². The third kappa shape index (κ3) is 2.19. The Morgan fingerprint density at radius 1 is 1.24 bits per heavy atom. The van der Waals surface area contributed by atoms with E-state index in [1.165, 1.54) is 20.5 Å². The minimum atomic E-state index is 0.505. The second kappa shape index (κ2) is 4.92. The van der Waals surface area contributed by atoms with Gasteiger partial charge in [-0.05, 0) is 41.6 Å². The van der Waals surface area contributed by atoms with E-state index in [4.69, 9.17) is 0 Å². The highest BCUT2D eigenvalue weighted by molar-refractivity contribution is 9.10. The van der Waals surface area contributed by atoms with Gasteiger partial charge < -0.3 is 5.32 Å². The maximum Gasteiger partial charge on any atom is 0.0311 e. The van der Waals surface area contributed by atoms with Gasteiger partial charge in [0.25, 0.3) is 0 Å². The number of thiophene rings is 1. The fourth-order valence-electron chi connectivity index (χ4n) is 2.48. The summed E-state index contributed by atoms with van der Waals surface area (Å²) < 4.78 is 1.25. The van der Waals surface area contributed by atoms with Crippen molar-refractivity contribution in [2.75, 3.05) is 13.1 Å². The number of nitrogens with one attached hydrogen (secondary N) is 1. The molecule has 2 heterocycles. The fourth-order valence-corrected chi connectivity index (χ4v) is 3.90. The smallest absolute Gasteiger partial charge is 0.0311 e. The molecule has 3 rings (SSSR count). The highest BCUT2D eigenvalue weighted by atomic mass is 79.9. The van der Waals surface area contributed by atoms with Crippen LogP contribution in [0.25, 0.3) is 0 Å². The molecular weight excluding hydrogens is 294 g/mol. The maximum absolute atomic E-state index is 3.68. The van der Waals surface area contributed by atoms with Gasteiger partial charge in [0.05, 0.1) is 0 Å². The number of rotatable bonds is 1. The molecular formula is C14H14BrNS. The molecule has 0 saturated carbocycles. The SMILES string of the molecule is Brc1cccc2c1CCNCC2c1cccs1. The van der Waals surface area contributed by atoms with Gasteiger partial charge in [-0.1, -0.05) is 34.1 Å². The van der Waals surface area contributed by atoms with Crippen LogP contribution in [0.15, 0.2) is 40.2 Å². The Morgan fingerprint density at radius 3 is 3.00 bits per heavy atom. The molecule has 0 aliphatic carbocycles. The highest BCUT2D eigenvalue weighted by Crippen LogP contribution is 2.34. The highest BCUT2D eigenvalue weighted by Gasteiger charge is 2.21. The van der Waals surface area contributed by atoms with Crippen LogP contribution in [-0.4, -0.2) is 13.1 Å². The predicted octanol–water partition coefficient (Wildman–Crippen LogP) is 3.79. The van der Waals surface area contributed by atoms with Gasteiger partial charge in [-0.3, -0.25) is 0 Å². The zero-order valence-corrected chi connectivity index (χ0v) is 11.9. The summed E-state index contributed by atoms with van der Waals surface area (Å²) in [5.41, 5.74) is 2.95. The molecule has 1 aliphatic rings. The number of fused-ring (bicyclic) bond motifs is 1. The van der Waals surface area contributed by atoms with Crippen LogP contribution in [-0.2, 0) is 6.42 Å². The molecule has 0 amide bonds. The van der Waals surface area contributed by atoms with Crippen LogP contribution in [0.5, 0.6) is 0 Å². The summed E-state index contributed by atoms with van der Waals surface area (Å²) in [5, 5.41) is 5.71. The van der Waals surface area contributed by atoms with Crippen molar-refractivity contribution in [1.29, 1.82) is 0 Å². The molecule has 1 atom stereocenters. The molecule has 1 nitrogen and oxygen atoms in total. The zero-order valence-electron chi connectivity index (χ0n) is 9.45. The summed E-state index contributed by atoms with van der Waals surface area (Å²) in [7, 11) is 0. The van der Waals surface area contributed by atoms with Gasteiger partial charge in [0, 0.05) is 21.8 Å². The molecule has 88 valence electrons. The lowest BCUT2D eigenvalue weighted by atomic mass is 9.93. The lowest BCUT2D eigenvalue weighted by Crippen LogP contribution is -2.20. The van der Waals surface area contributed by atoms with Gasteiger partial charge in [-0.25, -0.2) is 0 Å². The summed E-state index contributed by atoms with van der Waals surface area (Å²) in [5.74, 6) is 0.505. The summed E-state index contributed by atoms with van der Waals surface area (Å²) >= 11 is 5.54. The third-order valence-electron chi connectivity index (χ3n) is 3.32. The normalized spacial score (nSPS) is 19.7. The molecule has 1 N–H and O–H groups in total. The Kier molecular flexibility index (Phi) is 3.32. The van der Waals surface area contributed by atoms with Gasteiger partial charge >= 0.3 is 0 Å². The molecule has 1 aromatic heterocycles. The quantitative estimate of drug-likeness (QED) is 0.845. The van der Waals surface area contributed by atoms with Crippen molar-refractivity contribution < 1.29 is 0 Å². The van der Waals surface area contributed by atoms with Crippen molar-refractivity contribution >= 4 is 27.3 Å². The minimum absolute atomic E-state index is 0.505. The molecule has 17 heavy (non-hydrogen) atoms. The van der Waals surface area contributed by atoms with E-state index in [-0.39, 0.29) is 0 Å². The van der Waals surface area contributed by atoms with Crippen molar-refractivity contribution in [2.45, 2.75) is 12.3 Å². The molecule has 0 bridgehead atoms. The van der Waals surface area contributed by atoms with E-state index in [1.54, 1.807) is 0 Å². The lowest BCUT2D eigenvalue weighted by Gasteiger charge is -2.16. The Morgan fingerprint density at radius 2 is 2.18 bits per heavy atom. The van der Waals surface area contributed by atoms with Gasteiger partial charge in [-0.15, -0.1) is 11.3 Å². The number of halogens is 1. The first kappa shape index (κ1) is 11.5. The first-order valence-corrected chi connectivity index (χ1v) is 7.55. The van der Waals surface area contributed by atoms with Crippen molar-refractivity contribution in [1.82, 2.24) is 5.32 Å². The van der Waals surface area contributed by atoms with Gasteiger partial charge in [0.1, 0.15) is 0 Å². The van der Waals surface area contributed by atoms with Crippen LogP contribution in [0.1, 0.15) is 21.9 Å².